The summed E-state index contributed by atoms with van der Waals surface area (Å²) < 4.78 is 0. The number of hydrogen-bond acceptors (Lipinski definition) is 2. The lowest BCUT2D eigenvalue weighted by molar-refractivity contribution is 0.120. The lowest BCUT2D eigenvalue weighted by Gasteiger charge is -2.20. The molecule has 1 aliphatic carbocycles. The molecule has 0 amide bonds. The summed E-state index contributed by atoms with van der Waals surface area (Å²) >= 11 is 0. The van der Waals surface area contributed by atoms with Crippen molar-refractivity contribution in [3.8, 4) is 0 Å². The second-order valence-electron chi connectivity index (χ2n) is 9.72. The summed E-state index contributed by atoms with van der Waals surface area (Å²) in [6, 6.07) is 8.77. The Bertz CT molecular complexity index is 660. The van der Waals surface area contributed by atoms with Crippen molar-refractivity contribution in [1.29, 1.82) is 0 Å². The predicted molar refractivity (Wildman–Crippen MR) is 128 cm³/mol. The predicted octanol–water partition coefficient (Wildman–Crippen LogP) is 6.64. The Kier molecular flexibility index (Phi) is 10.9. The smallest absolute Gasteiger partial charge is 0.0631 e. The van der Waals surface area contributed by atoms with Crippen molar-refractivity contribution < 1.29 is 10.2 Å². The van der Waals surface area contributed by atoms with Gasteiger partial charge in [0, 0.05) is 12.3 Å². The van der Waals surface area contributed by atoms with Crippen molar-refractivity contribution in [3.05, 3.63) is 59.7 Å². The second kappa shape index (κ2) is 13.1. The van der Waals surface area contributed by atoms with Gasteiger partial charge < -0.3 is 10.2 Å². The second-order valence-corrected chi connectivity index (χ2v) is 9.72. The van der Waals surface area contributed by atoms with Gasteiger partial charge in [-0.05, 0) is 68.8 Å². The van der Waals surface area contributed by atoms with Crippen molar-refractivity contribution in [2.45, 2.75) is 91.3 Å². The molecule has 2 N–H and O–H groups in total. The number of hydrogen-bond donors (Lipinski definition) is 2. The van der Waals surface area contributed by atoms with Crippen LogP contribution in [0.1, 0.15) is 76.8 Å². The maximum Gasteiger partial charge on any atom is 0.0631 e. The molecule has 0 aliphatic heterocycles. The van der Waals surface area contributed by atoms with Crippen molar-refractivity contribution in [2.75, 3.05) is 0 Å². The van der Waals surface area contributed by atoms with E-state index in [0.29, 0.717) is 12.3 Å². The van der Waals surface area contributed by atoms with Crippen LogP contribution in [0, 0.1) is 30.6 Å². The summed E-state index contributed by atoms with van der Waals surface area (Å²) in [7, 11) is 0. The summed E-state index contributed by atoms with van der Waals surface area (Å²) in [6.07, 6.45) is 16.5. The van der Waals surface area contributed by atoms with Crippen molar-refractivity contribution in [3.63, 3.8) is 0 Å². The van der Waals surface area contributed by atoms with E-state index in [-0.39, 0.29) is 11.8 Å². The Morgan fingerprint density at radius 2 is 1.90 bits per heavy atom. The molecule has 2 heteroatoms. The Morgan fingerprint density at radius 3 is 2.60 bits per heavy atom. The van der Waals surface area contributed by atoms with E-state index in [2.05, 4.69) is 76.3 Å². The fraction of sp³-hybridized carbons (Fsp3) is 0.643. The average Bonchev–Trinajstić information content (AvgIpc) is 2.97. The van der Waals surface area contributed by atoms with Gasteiger partial charge >= 0.3 is 0 Å². The molecule has 1 aliphatic rings. The monoisotopic (exact) mass is 412 g/mol. The lowest BCUT2D eigenvalue weighted by Crippen LogP contribution is -2.20. The van der Waals surface area contributed by atoms with E-state index in [9.17, 15) is 10.2 Å². The van der Waals surface area contributed by atoms with Gasteiger partial charge in [0.05, 0.1) is 12.2 Å². The van der Waals surface area contributed by atoms with Gasteiger partial charge in [0.1, 0.15) is 0 Å². The topological polar surface area (TPSA) is 40.5 Å². The molecular formula is C28H44O2. The molecule has 1 fully saturated rings. The minimum Gasteiger partial charge on any atom is -0.393 e. The summed E-state index contributed by atoms with van der Waals surface area (Å²) in [6.45, 7) is 8.91. The third-order valence-corrected chi connectivity index (χ3v) is 6.66. The van der Waals surface area contributed by atoms with E-state index in [4.69, 9.17) is 0 Å². The van der Waals surface area contributed by atoms with Crippen molar-refractivity contribution in [1.82, 2.24) is 0 Å². The van der Waals surface area contributed by atoms with Crippen LogP contribution in [0.5, 0.6) is 0 Å². The molecule has 2 nitrogen and oxygen atoms in total. The molecule has 5 atom stereocenters. The quantitative estimate of drug-likeness (QED) is 0.298. The number of aryl methyl sites for hydroxylation is 2. The minimum absolute atomic E-state index is 0.0633. The number of benzene rings is 1. The molecule has 1 saturated carbocycles. The summed E-state index contributed by atoms with van der Waals surface area (Å²) in [5.41, 5.74) is 2.72. The van der Waals surface area contributed by atoms with Gasteiger partial charge in [0.2, 0.25) is 0 Å². The van der Waals surface area contributed by atoms with Crippen LogP contribution in [0.4, 0.5) is 0 Å². The molecule has 0 saturated heterocycles. The highest BCUT2D eigenvalue weighted by molar-refractivity contribution is 5.22. The lowest BCUT2D eigenvalue weighted by atomic mass is 9.88. The van der Waals surface area contributed by atoms with Gasteiger partial charge in [-0.1, -0.05) is 81.3 Å². The number of rotatable bonds is 12. The van der Waals surface area contributed by atoms with Crippen LogP contribution in [0.2, 0.25) is 0 Å². The Morgan fingerprint density at radius 1 is 1.10 bits per heavy atom. The third kappa shape index (κ3) is 8.40. The first-order chi connectivity index (χ1) is 14.4. The summed E-state index contributed by atoms with van der Waals surface area (Å²) in [5, 5.41) is 21.0. The highest BCUT2D eigenvalue weighted by atomic mass is 16.3. The highest BCUT2D eigenvalue weighted by Crippen LogP contribution is 2.36. The van der Waals surface area contributed by atoms with Crippen LogP contribution in [0.25, 0.3) is 0 Å². The fourth-order valence-corrected chi connectivity index (χ4v) is 4.66. The average molecular weight is 413 g/mol. The van der Waals surface area contributed by atoms with Crippen LogP contribution >= 0.6 is 0 Å². The molecular weight excluding hydrogens is 368 g/mol. The molecule has 2 rings (SSSR count). The number of aliphatic hydroxyl groups is 2. The molecule has 1 aromatic rings. The highest BCUT2D eigenvalue weighted by Gasteiger charge is 2.39. The maximum absolute atomic E-state index is 10.5. The largest absolute Gasteiger partial charge is 0.393 e. The number of aliphatic hydroxyl groups excluding tert-OH is 2. The van der Waals surface area contributed by atoms with Crippen LogP contribution in [-0.2, 0) is 6.42 Å². The molecule has 168 valence electrons. The van der Waals surface area contributed by atoms with Gasteiger partial charge in [0.25, 0.3) is 0 Å². The standard InChI is InChI=1S/C28H44O2/c1-5-23(15-16-24-13-10-12-22(4)19-24)17-18-26-25(27(29)20-28(26)30)14-9-7-6-8-11-21(2)3/h7,9-10,12-13,17-19,21,23,25-30H,5-6,8,11,14-16,20H2,1-4H3/b9-7-,18-17+/t23-,25+,26+,27-,28+/m0/s1. The third-order valence-electron chi connectivity index (χ3n) is 6.66. The number of allylic oxidation sites excluding steroid dienone is 3. The molecule has 0 spiro atoms. The summed E-state index contributed by atoms with van der Waals surface area (Å²) in [4.78, 5) is 0. The zero-order valence-corrected chi connectivity index (χ0v) is 19.6. The molecule has 0 unspecified atom stereocenters. The van der Waals surface area contributed by atoms with E-state index in [1.165, 1.54) is 24.0 Å². The van der Waals surface area contributed by atoms with Gasteiger partial charge in [0.15, 0.2) is 0 Å². The molecule has 0 bridgehead atoms. The van der Waals surface area contributed by atoms with E-state index in [1.807, 2.05) is 0 Å². The van der Waals surface area contributed by atoms with Gasteiger partial charge in [-0.25, -0.2) is 0 Å². The van der Waals surface area contributed by atoms with E-state index in [1.54, 1.807) is 0 Å². The first kappa shape index (κ1) is 24.9. The van der Waals surface area contributed by atoms with Crippen molar-refractivity contribution in [2.24, 2.45) is 23.7 Å². The first-order valence-electron chi connectivity index (χ1n) is 12.2. The van der Waals surface area contributed by atoms with Crippen LogP contribution in [0.15, 0.2) is 48.6 Å². The molecule has 0 aromatic heterocycles. The molecule has 0 heterocycles. The summed E-state index contributed by atoms with van der Waals surface area (Å²) in [5.74, 6) is 1.47. The maximum atomic E-state index is 10.5. The molecule has 0 radical (unpaired) electrons. The zero-order valence-electron chi connectivity index (χ0n) is 19.6. The van der Waals surface area contributed by atoms with Crippen LogP contribution in [0.3, 0.4) is 0 Å². The Hall–Kier alpha value is -1.38. The van der Waals surface area contributed by atoms with E-state index in [0.717, 1.165) is 38.0 Å². The fourth-order valence-electron chi connectivity index (χ4n) is 4.66. The van der Waals surface area contributed by atoms with Crippen LogP contribution < -0.4 is 0 Å². The van der Waals surface area contributed by atoms with Gasteiger partial charge in [-0.2, -0.15) is 0 Å². The van der Waals surface area contributed by atoms with E-state index >= 15 is 0 Å². The van der Waals surface area contributed by atoms with E-state index < -0.39 is 12.2 Å². The van der Waals surface area contributed by atoms with Crippen LogP contribution in [-0.4, -0.2) is 22.4 Å². The molecule has 1 aromatic carbocycles. The minimum atomic E-state index is -0.426. The SMILES string of the molecule is CC[C@H](/C=C/[C@@H]1[C@@H](C/C=C\CCCC(C)C)[C@@H](O)C[C@H]1O)CCc1cccc(C)c1. The Balaban J connectivity index is 1.88. The van der Waals surface area contributed by atoms with Gasteiger partial charge in [-0.3, -0.25) is 0 Å². The van der Waals surface area contributed by atoms with Gasteiger partial charge in [-0.15, -0.1) is 0 Å². The number of unbranched alkanes of at least 4 members (excludes halogenated alkanes) is 1. The normalized spacial score (nSPS) is 25.7. The molecule has 30 heavy (non-hydrogen) atoms. The zero-order chi connectivity index (χ0) is 21.9. The Labute approximate surface area is 185 Å². The first-order valence-corrected chi connectivity index (χ1v) is 12.2. The van der Waals surface area contributed by atoms with Crippen molar-refractivity contribution >= 4 is 0 Å².